The zero-order chi connectivity index (χ0) is 14.6. The molecule has 1 aromatic rings. The molecular formula is C13H20ClNO3S. The summed E-state index contributed by atoms with van der Waals surface area (Å²) in [6.45, 7) is 6.10. The molecule has 6 heteroatoms. The van der Waals surface area contributed by atoms with Gasteiger partial charge in [0.2, 0.25) is 10.0 Å². The lowest BCUT2D eigenvalue weighted by molar-refractivity contribution is 0.225. The van der Waals surface area contributed by atoms with Crippen molar-refractivity contribution in [2.75, 3.05) is 12.4 Å². The highest BCUT2D eigenvalue weighted by molar-refractivity contribution is 7.89. The number of ether oxygens (including phenoxy) is 1. The van der Waals surface area contributed by atoms with Crippen molar-refractivity contribution in [3.63, 3.8) is 0 Å². The predicted molar refractivity (Wildman–Crippen MR) is 78.0 cm³/mol. The van der Waals surface area contributed by atoms with Crippen LogP contribution in [-0.2, 0) is 10.0 Å². The molecule has 1 aromatic carbocycles. The van der Waals surface area contributed by atoms with Gasteiger partial charge in [-0.15, -0.1) is 0 Å². The highest BCUT2D eigenvalue weighted by Gasteiger charge is 2.20. The number of benzene rings is 1. The van der Waals surface area contributed by atoms with Crippen LogP contribution in [0.25, 0.3) is 0 Å². The number of hydrogen-bond donors (Lipinski definition) is 1. The lowest BCUT2D eigenvalue weighted by Gasteiger charge is -2.20. The van der Waals surface area contributed by atoms with E-state index >= 15 is 0 Å². The average Bonchev–Trinajstić information content (AvgIpc) is 2.26. The molecule has 0 saturated carbocycles. The van der Waals surface area contributed by atoms with Gasteiger partial charge in [0.1, 0.15) is 5.75 Å². The van der Waals surface area contributed by atoms with Gasteiger partial charge in [-0.3, -0.25) is 0 Å². The fourth-order valence-electron chi connectivity index (χ4n) is 1.65. The zero-order valence-corrected chi connectivity index (χ0v) is 13.0. The van der Waals surface area contributed by atoms with E-state index < -0.39 is 10.0 Å². The molecule has 0 heterocycles. The first-order valence-electron chi connectivity index (χ1n) is 6.08. The van der Waals surface area contributed by atoms with Crippen LogP contribution in [0.5, 0.6) is 5.75 Å². The average molecular weight is 306 g/mol. The third-order valence-corrected chi connectivity index (χ3v) is 4.13. The van der Waals surface area contributed by atoms with Crippen molar-refractivity contribution in [1.29, 1.82) is 0 Å². The van der Waals surface area contributed by atoms with E-state index in [0.717, 1.165) is 5.56 Å². The summed E-state index contributed by atoms with van der Waals surface area (Å²) in [5, 5.41) is 5.61. The van der Waals surface area contributed by atoms with Gasteiger partial charge in [0.25, 0.3) is 0 Å². The molecule has 1 atom stereocenters. The van der Waals surface area contributed by atoms with Crippen LogP contribution in [0.4, 0.5) is 0 Å². The van der Waals surface area contributed by atoms with E-state index in [2.05, 4.69) is 0 Å². The number of sulfonamides is 1. The topological polar surface area (TPSA) is 69.4 Å². The standard InChI is InChI=1S/C13H20ClNO3S/c1-9(2)11(8-19(15,16)17)7-18-13-6-10(3)4-5-12(13)14/h4-6,9,11H,7-8H2,1-3H3,(H2,15,16,17). The summed E-state index contributed by atoms with van der Waals surface area (Å²) in [5.41, 5.74) is 1.03. The van der Waals surface area contributed by atoms with E-state index in [0.29, 0.717) is 10.8 Å². The van der Waals surface area contributed by atoms with E-state index in [1.807, 2.05) is 32.9 Å². The maximum Gasteiger partial charge on any atom is 0.209 e. The Bertz CT molecular complexity index is 529. The number of halogens is 1. The second-order valence-electron chi connectivity index (χ2n) is 5.08. The molecule has 0 aliphatic heterocycles. The molecule has 4 nitrogen and oxygen atoms in total. The molecule has 1 unspecified atom stereocenters. The largest absolute Gasteiger partial charge is 0.492 e. The third-order valence-electron chi connectivity index (χ3n) is 2.93. The molecule has 0 saturated heterocycles. The Morgan fingerprint density at radius 1 is 1.37 bits per heavy atom. The van der Waals surface area contributed by atoms with Crippen molar-refractivity contribution < 1.29 is 13.2 Å². The third kappa shape index (κ3) is 5.80. The van der Waals surface area contributed by atoms with Gasteiger partial charge >= 0.3 is 0 Å². The molecular weight excluding hydrogens is 286 g/mol. The maximum absolute atomic E-state index is 11.2. The minimum atomic E-state index is -3.50. The van der Waals surface area contributed by atoms with Crippen molar-refractivity contribution in [3.05, 3.63) is 28.8 Å². The predicted octanol–water partition coefficient (Wildman–Crippen LogP) is 2.59. The Morgan fingerprint density at radius 2 is 2.00 bits per heavy atom. The van der Waals surface area contributed by atoms with Gasteiger partial charge in [0.05, 0.1) is 17.4 Å². The highest BCUT2D eigenvalue weighted by atomic mass is 35.5. The molecule has 0 aromatic heterocycles. The minimum absolute atomic E-state index is 0.0892. The summed E-state index contributed by atoms with van der Waals surface area (Å²) in [6.07, 6.45) is 0. The molecule has 0 fully saturated rings. The van der Waals surface area contributed by atoms with Crippen LogP contribution in [-0.4, -0.2) is 20.8 Å². The first-order chi connectivity index (χ1) is 8.69. The van der Waals surface area contributed by atoms with E-state index in [4.69, 9.17) is 21.5 Å². The van der Waals surface area contributed by atoms with Crippen molar-refractivity contribution in [1.82, 2.24) is 0 Å². The lowest BCUT2D eigenvalue weighted by Crippen LogP contribution is -2.30. The first kappa shape index (κ1) is 16.3. The number of nitrogens with two attached hydrogens (primary N) is 1. The molecule has 0 aliphatic carbocycles. The number of rotatable bonds is 6. The molecule has 0 radical (unpaired) electrons. The summed E-state index contributed by atoms with van der Waals surface area (Å²) in [6, 6.07) is 5.48. The van der Waals surface area contributed by atoms with Crippen molar-refractivity contribution >= 4 is 21.6 Å². The highest BCUT2D eigenvalue weighted by Crippen LogP contribution is 2.26. The fraction of sp³-hybridized carbons (Fsp3) is 0.538. The zero-order valence-electron chi connectivity index (χ0n) is 11.4. The Labute approximate surface area is 120 Å². The lowest BCUT2D eigenvalue weighted by atomic mass is 9.99. The SMILES string of the molecule is Cc1ccc(Cl)c(OCC(CS(N)(=O)=O)C(C)C)c1. The Kier molecular flexibility index (Phi) is 5.64. The van der Waals surface area contributed by atoms with Gasteiger partial charge in [0, 0.05) is 5.92 Å². The van der Waals surface area contributed by atoms with Gasteiger partial charge in [-0.05, 0) is 30.5 Å². The van der Waals surface area contributed by atoms with Gasteiger partial charge in [-0.25, -0.2) is 13.6 Å². The Hall–Kier alpha value is -0.780. The minimum Gasteiger partial charge on any atom is -0.492 e. The quantitative estimate of drug-likeness (QED) is 0.878. The van der Waals surface area contributed by atoms with E-state index in [1.165, 1.54) is 0 Å². The molecule has 19 heavy (non-hydrogen) atoms. The molecule has 108 valence electrons. The van der Waals surface area contributed by atoms with Crippen LogP contribution in [0.3, 0.4) is 0 Å². The van der Waals surface area contributed by atoms with Crippen molar-refractivity contribution in [2.45, 2.75) is 20.8 Å². The summed E-state index contributed by atoms with van der Waals surface area (Å²) >= 11 is 6.02. The van der Waals surface area contributed by atoms with Crippen LogP contribution in [0, 0.1) is 18.8 Å². The maximum atomic E-state index is 11.2. The smallest absolute Gasteiger partial charge is 0.209 e. The van der Waals surface area contributed by atoms with Gasteiger partial charge in [-0.2, -0.15) is 0 Å². The molecule has 2 N–H and O–H groups in total. The summed E-state index contributed by atoms with van der Waals surface area (Å²) in [4.78, 5) is 0. The molecule has 1 rings (SSSR count). The van der Waals surface area contributed by atoms with Crippen LogP contribution in [0.15, 0.2) is 18.2 Å². The Morgan fingerprint density at radius 3 is 2.53 bits per heavy atom. The second kappa shape index (κ2) is 6.59. The van der Waals surface area contributed by atoms with Gasteiger partial charge in [0.15, 0.2) is 0 Å². The monoisotopic (exact) mass is 305 g/mol. The van der Waals surface area contributed by atoms with E-state index in [1.54, 1.807) is 6.07 Å². The number of primary sulfonamides is 1. The van der Waals surface area contributed by atoms with Crippen LogP contribution in [0.2, 0.25) is 5.02 Å². The first-order valence-corrected chi connectivity index (χ1v) is 8.18. The van der Waals surface area contributed by atoms with Crippen LogP contribution < -0.4 is 9.88 Å². The number of aryl methyl sites for hydroxylation is 1. The summed E-state index contributed by atoms with van der Waals surface area (Å²) < 4.78 is 28.0. The molecule has 0 amide bonds. The van der Waals surface area contributed by atoms with Gasteiger partial charge in [-0.1, -0.05) is 31.5 Å². The van der Waals surface area contributed by atoms with E-state index in [-0.39, 0.29) is 24.2 Å². The van der Waals surface area contributed by atoms with Crippen LogP contribution in [0.1, 0.15) is 19.4 Å². The van der Waals surface area contributed by atoms with Crippen molar-refractivity contribution in [3.8, 4) is 5.75 Å². The van der Waals surface area contributed by atoms with Crippen LogP contribution >= 0.6 is 11.6 Å². The Balaban J connectivity index is 2.74. The molecule has 0 bridgehead atoms. The normalized spacial score (nSPS) is 13.6. The summed E-state index contributed by atoms with van der Waals surface area (Å²) in [5.74, 6) is 0.476. The fourth-order valence-corrected chi connectivity index (χ4v) is 2.90. The molecule has 0 spiro atoms. The number of hydrogen-bond acceptors (Lipinski definition) is 3. The second-order valence-corrected chi connectivity index (χ2v) is 7.14. The van der Waals surface area contributed by atoms with Gasteiger partial charge < -0.3 is 4.74 Å². The van der Waals surface area contributed by atoms with Crippen molar-refractivity contribution in [2.24, 2.45) is 17.0 Å². The van der Waals surface area contributed by atoms with E-state index in [9.17, 15) is 8.42 Å². The summed E-state index contributed by atoms with van der Waals surface area (Å²) in [7, 11) is -3.50. The molecule has 0 aliphatic rings.